The molecule has 0 saturated carbocycles. The topological polar surface area (TPSA) is 41.1 Å². The maximum Gasteiger partial charge on any atom is 0.207 e. The summed E-state index contributed by atoms with van der Waals surface area (Å²) in [6.07, 6.45) is 0. The van der Waals surface area contributed by atoms with Gasteiger partial charge in [-0.2, -0.15) is 0 Å². The minimum absolute atomic E-state index is 0.106. The molecular weight excluding hydrogens is 136 g/mol. The minimum Gasteiger partial charge on any atom is -0.285 e. The average Bonchev–Trinajstić information content (AvgIpc) is 2.35. The average molecular weight is 144 g/mol. The molecule has 0 aromatic rings. The van der Waals surface area contributed by atoms with E-state index < -0.39 is 0 Å². The number of nitrogens with one attached hydrogen (secondary N) is 2. The fraction of sp³-hybridized carbons (Fsp3) is 0.800. The Bertz CT molecular complexity index is 150. The van der Waals surface area contributed by atoms with Gasteiger partial charge in [-0.05, 0) is 0 Å². The standard InChI is InChI=1S/C5H8N2OS/c8-5-4-3(2-9-5)1-6-7-4/h3-4,6-7H,1-2H2. The molecule has 50 valence electrons. The molecule has 0 bridgehead atoms. The summed E-state index contributed by atoms with van der Waals surface area (Å²) < 4.78 is 0. The first-order chi connectivity index (χ1) is 4.38. The SMILES string of the molecule is O=C1SCC2CNNC12. The Hall–Kier alpha value is -0.0600. The molecule has 2 saturated heterocycles. The van der Waals surface area contributed by atoms with Gasteiger partial charge in [0, 0.05) is 18.2 Å². The summed E-state index contributed by atoms with van der Waals surface area (Å²) in [5.74, 6) is 1.53. The van der Waals surface area contributed by atoms with Gasteiger partial charge in [0.25, 0.3) is 0 Å². The molecule has 3 nitrogen and oxygen atoms in total. The Kier molecular flexibility index (Phi) is 1.25. The molecule has 0 aromatic carbocycles. The molecule has 9 heavy (non-hydrogen) atoms. The number of hydrazine groups is 1. The van der Waals surface area contributed by atoms with Gasteiger partial charge in [0.2, 0.25) is 5.12 Å². The van der Waals surface area contributed by atoms with Crippen molar-refractivity contribution in [2.45, 2.75) is 6.04 Å². The first kappa shape index (κ1) is 5.70. The summed E-state index contributed by atoms with van der Waals surface area (Å²) in [4.78, 5) is 10.9. The highest BCUT2D eigenvalue weighted by Gasteiger charge is 2.38. The largest absolute Gasteiger partial charge is 0.285 e. The maximum atomic E-state index is 10.9. The molecule has 0 radical (unpaired) electrons. The smallest absolute Gasteiger partial charge is 0.207 e. The van der Waals surface area contributed by atoms with Crippen LogP contribution in [0.1, 0.15) is 0 Å². The van der Waals surface area contributed by atoms with E-state index in [1.54, 1.807) is 0 Å². The first-order valence-corrected chi connectivity index (χ1v) is 4.01. The van der Waals surface area contributed by atoms with Crippen LogP contribution in [0.4, 0.5) is 0 Å². The molecule has 2 atom stereocenters. The van der Waals surface area contributed by atoms with Crippen LogP contribution < -0.4 is 10.9 Å². The summed E-state index contributed by atoms with van der Waals surface area (Å²) in [7, 11) is 0. The molecule has 0 amide bonds. The number of fused-ring (bicyclic) bond motifs is 1. The quantitative estimate of drug-likeness (QED) is 0.474. The van der Waals surface area contributed by atoms with E-state index in [1.165, 1.54) is 11.8 Å². The minimum atomic E-state index is 0.106. The van der Waals surface area contributed by atoms with Crippen molar-refractivity contribution in [2.75, 3.05) is 12.3 Å². The van der Waals surface area contributed by atoms with Crippen LogP contribution in [0.15, 0.2) is 0 Å². The van der Waals surface area contributed by atoms with Gasteiger partial charge in [-0.1, -0.05) is 11.8 Å². The number of hydrogen-bond acceptors (Lipinski definition) is 4. The summed E-state index contributed by atoms with van der Waals surface area (Å²) in [5.41, 5.74) is 5.92. The third-order valence-corrected chi connectivity index (χ3v) is 2.92. The zero-order chi connectivity index (χ0) is 6.27. The maximum absolute atomic E-state index is 10.9. The third-order valence-electron chi connectivity index (χ3n) is 1.79. The molecule has 2 heterocycles. The van der Waals surface area contributed by atoms with Gasteiger partial charge in [0.05, 0.1) is 6.04 Å². The zero-order valence-corrected chi connectivity index (χ0v) is 5.70. The van der Waals surface area contributed by atoms with E-state index in [0.717, 1.165) is 12.3 Å². The van der Waals surface area contributed by atoms with E-state index in [2.05, 4.69) is 10.9 Å². The number of thioether (sulfide) groups is 1. The predicted octanol–water partition coefficient (Wildman–Crippen LogP) is -0.648. The van der Waals surface area contributed by atoms with Crippen molar-refractivity contribution in [2.24, 2.45) is 5.92 Å². The first-order valence-electron chi connectivity index (χ1n) is 3.03. The Morgan fingerprint density at radius 3 is 3.33 bits per heavy atom. The summed E-state index contributed by atoms with van der Waals surface area (Å²) in [6.45, 7) is 0.948. The van der Waals surface area contributed by atoms with Gasteiger partial charge >= 0.3 is 0 Å². The van der Waals surface area contributed by atoms with Crippen molar-refractivity contribution < 1.29 is 4.79 Å². The van der Waals surface area contributed by atoms with Gasteiger partial charge in [-0.3, -0.25) is 10.2 Å². The Morgan fingerprint density at radius 1 is 1.67 bits per heavy atom. The summed E-state index contributed by atoms with van der Waals surface area (Å²) in [6, 6.07) is 0.106. The lowest BCUT2D eigenvalue weighted by atomic mass is 10.1. The lowest BCUT2D eigenvalue weighted by molar-refractivity contribution is -0.112. The second-order valence-electron chi connectivity index (χ2n) is 2.39. The molecule has 2 aliphatic heterocycles. The van der Waals surface area contributed by atoms with Crippen molar-refractivity contribution >= 4 is 16.9 Å². The second-order valence-corrected chi connectivity index (χ2v) is 3.42. The van der Waals surface area contributed by atoms with Crippen molar-refractivity contribution in [3.05, 3.63) is 0 Å². The van der Waals surface area contributed by atoms with Crippen LogP contribution >= 0.6 is 11.8 Å². The van der Waals surface area contributed by atoms with E-state index in [0.29, 0.717) is 11.0 Å². The molecule has 4 heteroatoms. The molecule has 0 aromatic heterocycles. The summed E-state index contributed by atoms with van der Waals surface area (Å²) in [5, 5.41) is 0.296. The third kappa shape index (κ3) is 0.781. The normalized spacial score (nSPS) is 41.6. The van der Waals surface area contributed by atoms with E-state index in [9.17, 15) is 4.79 Å². The van der Waals surface area contributed by atoms with Crippen LogP contribution in [0.2, 0.25) is 0 Å². The van der Waals surface area contributed by atoms with Crippen LogP contribution in [0, 0.1) is 5.92 Å². The molecule has 0 aliphatic carbocycles. The van der Waals surface area contributed by atoms with E-state index in [-0.39, 0.29) is 6.04 Å². The van der Waals surface area contributed by atoms with Gasteiger partial charge in [-0.25, -0.2) is 5.43 Å². The molecule has 2 unspecified atom stereocenters. The molecule has 2 fully saturated rings. The van der Waals surface area contributed by atoms with Crippen LogP contribution in [0.3, 0.4) is 0 Å². The molecule has 2 rings (SSSR count). The Balaban J connectivity index is 2.15. The molecule has 2 N–H and O–H groups in total. The zero-order valence-electron chi connectivity index (χ0n) is 4.89. The molecular formula is C5H8N2OS. The Morgan fingerprint density at radius 2 is 2.56 bits per heavy atom. The highest BCUT2D eigenvalue weighted by molar-refractivity contribution is 8.14. The number of carbonyl (C=O) groups excluding carboxylic acids is 1. The van der Waals surface area contributed by atoms with Crippen LogP contribution in [-0.2, 0) is 4.79 Å². The van der Waals surface area contributed by atoms with E-state index in [4.69, 9.17) is 0 Å². The monoisotopic (exact) mass is 144 g/mol. The van der Waals surface area contributed by atoms with Crippen LogP contribution in [0.25, 0.3) is 0 Å². The van der Waals surface area contributed by atoms with Crippen LogP contribution in [-0.4, -0.2) is 23.5 Å². The van der Waals surface area contributed by atoms with Gasteiger partial charge in [0.1, 0.15) is 0 Å². The fourth-order valence-electron chi connectivity index (χ4n) is 1.22. The lowest BCUT2D eigenvalue weighted by Crippen LogP contribution is -2.34. The number of rotatable bonds is 0. The molecule has 2 aliphatic rings. The molecule has 0 spiro atoms. The number of hydrogen-bond donors (Lipinski definition) is 2. The van der Waals surface area contributed by atoms with Crippen molar-refractivity contribution in [3.63, 3.8) is 0 Å². The highest BCUT2D eigenvalue weighted by atomic mass is 32.2. The number of carbonyl (C=O) groups is 1. The van der Waals surface area contributed by atoms with Gasteiger partial charge in [-0.15, -0.1) is 0 Å². The lowest BCUT2D eigenvalue weighted by Gasteiger charge is -2.00. The van der Waals surface area contributed by atoms with Crippen molar-refractivity contribution in [1.82, 2.24) is 10.9 Å². The van der Waals surface area contributed by atoms with Crippen molar-refractivity contribution in [1.29, 1.82) is 0 Å². The van der Waals surface area contributed by atoms with Gasteiger partial charge in [0.15, 0.2) is 0 Å². The second kappa shape index (κ2) is 1.97. The van der Waals surface area contributed by atoms with E-state index >= 15 is 0 Å². The van der Waals surface area contributed by atoms with Crippen molar-refractivity contribution in [3.8, 4) is 0 Å². The van der Waals surface area contributed by atoms with E-state index in [1.807, 2.05) is 0 Å². The van der Waals surface area contributed by atoms with Crippen LogP contribution in [0.5, 0.6) is 0 Å². The Labute approximate surface area is 57.5 Å². The van der Waals surface area contributed by atoms with Gasteiger partial charge < -0.3 is 0 Å². The predicted molar refractivity (Wildman–Crippen MR) is 35.9 cm³/mol. The fourth-order valence-corrected chi connectivity index (χ4v) is 2.34. The summed E-state index contributed by atoms with van der Waals surface area (Å²) >= 11 is 1.45. The highest BCUT2D eigenvalue weighted by Crippen LogP contribution is 2.27.